The van der Waals surface area contributed by atoms with E-state index in [4.69, 9.17) is 9.47 Å². The SMILES string of the molecule is CCn1c(Cc2ccc(OC)cc2)nnc1SCc1cccc(OC)c1. The first-order valence-electron chi connectivity index (χ1n) is 8.54. The summed E-state index contributed by atoms with van der Waals surface area (Å²) in [6.07, 6.45) is 0.755. The maximum absolute atomic E-state index is 5.29. The Morgan fingerprint density at radius 2 is 1.69 bits per heavy atom. The summed E-state index contributed by atoms with van der Waals surface area (Å²) < 4.78 is 12.7. The van der Waals surface area contributed by atoms with E-state index in [0.29, 0.717) is 0 Å². The number of hydrogen-bond acceptors (Lipinski definition) is 5. The second-order valence-electron chi connectivity index (χ2n) is 5.81. The Morgan fingerprint density at radius 1 is 0.923 bits per heavy atom. The van der Waals surface area contributed by atoms with Gasteiger partial charge in [-0.2, -0.15) is 0 Å². The molecule has 26 heavy (non-hydrogen) atoms. The van der Waals surface area contributed by atoms with E-state index in [1.165, 1.54) is 11.1 Å². The van der Waals surface area contributed by atoms with Gasteiger partial charge in [-0.3, -0.25) is 0 Å². The first kappa shape index (κ1) is 18.3. The molecule has 0 N–H and O–H groups in total. The van der Waals surface area contributed by atoms with Gasteiger partial charge in [-0.25, -0.2) is 0 Å². The van der Waals surface area contributed by atoms with E-state index in [9.17, 15) is 0 Å². The molecular formula is C20H23N3O2S. The molecule has 5 nitrogen and oxygen atoms in total. The van der Waals surface area contributed by atoms with Crippen LogP contribution in [0.2, 0.25) is 0 Å². The van der Waals surface area contributed by atoms with Crippen LogP contribution in [0.15, 0.2) is 53.7 Å². The minimum absolute atomic E-state index is 0.755. The van der Waals surface area contributed by atoms with Crippen LogP contribution >= 0.6 is 11.8 Å². The van der Waals surface area contributed by atoms with Gasteiger partial charge in [0, 0.05) is 18.7 Å². The summed E-state index contributed by atoms with van der Waals surface area (Å²) in [5.41, 5.74) is 2.40. The predicted molar refractivity (Wildman–Crippen MR) is 104 cm³/mol. The summed E-state index contributed by atoms with van der Waals surface area (Å²) in [7, 11) is 3.36. The first-order valence-corrected chi connectivity index (χ1v) is 9.52. The van der Waals surface area contributed by atoms with Gasteiger partial charge in [-0.05, 0) is 42.3 Å². The van der Waals surface area contributed by atoms with Crippen LogP contribution in [0.4, 0.5) is 0 Å². The van der Waals surface area contributed by atoms with Crippen LogP contribution in [0.3, 0.4) is 0 Å². The molecular weight excluding hydrogens is 346 g/mol. The van der Waals surface area contributed by atoms with E-state index in [-0.39, 0.29) is 0 Å². The Kier molecular flexibility index (Phi) is 6.17. The normalized spacial score (nSPS) is 10.7. The van der Waals surface area contributed by atoms with Crippen LogP contribution in [0.5, 0.6) is 11.5 Å². The number of methoxy groups -OCH3 is 2. The Morgan fingerprint density at radius 3 is 2.38 bits per heavy atom. The van der Waals surface area contributed by atoms with Gasteiger partial charge in [0.1, 0.15) is 17.3 Å². The van der Waals surface area contributed by atoms with Gasteiger partial charge in [0.15, 0.2) is 5.16 Å². The maximum atomic E-state index is 5.29. The van der Waals surface area contributed by atoms with Gasteiger partial charge in [-0.1, -0.05) is 36.0 Å². The van der Waals surface area contributed by atoms with Crippen molar-refractivity contribution >= 4 is 11.8 Å². The van der Waals surface area contributed by atoms with Crippen molar-refractivity contribution in [2.24, 2.45) is 0 Å². The highest BCUT2D eigenvalue weighted by atomic mass is 32.2. The molecule has 0 saturated heterocycles. The van der Waals surface area contributed by atoms with Crippen LogP contribution in [0, 0.1) is 0 Å². The third-order valence-electron chi connectivity index (χ3n) is 4.13. The molecule has 0 aliphatic carbocycles. The smallest absolute Gasteiger partial charge is 0.191 e. The fourth-order valence-electron chi connectivity index (χ4n) is 2.71. The lowest BCUT2D eigenvalue weighted by atomic mass is 10.1. The summed E-state index contributed by atoms with van der Waals surface area (Å²) in [6, 6.07) is 16.2. The summed E-state index contributed by atoms with van der Waals surface area (Å²) in [5.74, 6) is 3.55. The molecule has 1 heterocycles. The van der Waals surface area contributed by atoms with E-state index in [1.807, 2.05) is 24.3 Å². The number of thioether (sulfide) groups is 1. The lowest BCUT2D eigenvalue weighted by Crippen LogP contribution is -2.04. The molecule has 0 unspecified atom stereocenters. The molecule has 0 atom stereocenters. The number of aromatic nitrogens is 3. The second-order valence-corrected chi connectivity index (χ2v) is 6.75. The third-order valence-corrected chi connectivity index (χ3v) is 5.17. The minimum atomic E-state index is 0.755. The number of benzene rings is 2. The van der Waals surface area contributed by atoms with Gasteiger partial charge in [0.25, 0.3) is 0 Å². The first-order chi connectivity index (χ1) is 12.7. The molecule has 3 rings (SSSR count). The van der Waals surface area contributed by atoms with E-state index in [1.54, 1.807) is 26.0 Å². The number of rotatable bonds is 8. The summed E-state index contributed by atoms with van der Waals surface area (Å²) in [6.45, 7) is 2.97. The van der Waals surface area contributed by atoms with E-state index >= 15 is 0 Å². The minimum Gasteiger partial charge on any atom is -0.497 e. The van der Waals surface area contributed by atoms with Gasteiger partial charge < -0.3 is 14.0 Å². The highest BCUT2D eigenvalue weighted by molar-refractivity contribution is 7.98. The molecule has 0 fully saturated rings. The van der Waals surface area contributed by atoms with Crippen molar-refractivity contribution in [3.05, 3.63) is 65.5 Å². The van der Waals surface area contributed by atoms with Gasteiger partial charge in [-0.15, -0.1) is 10.2 Å². The molecule has 0 saturated carbocycles. The summed E-state index contributed by atoms with van der Waals surface area (Å²) in [4.78, 5) is 0. The van der Waals surface area contributed by atoms with E-state index in [2.05, 4.69) is 46.0 Å². The predicted octanol–water partition coefficient (Wildman–Crippen LogP) is 4.20. The number of hydrogen-bond donors (Lipinski definition) is 0. The van der Waals surface area contributed by atoms with Crippen LogP contribution in [-0.2, 0) is 18.7 Å². The Hall–Kier alpha value is -2.47. The maximum Gasteiger partial charge on any atom is 0.191 e. The van der Waals surface area contributed by atoms with E-state index in [0.717, 1.165) is 41.2 Å². The average molecular weight is 369 g/mol. The van der Waals surface area contributed by atoms with Crippen LogP contribution in [0.25, 0.3) is 0 Å². The van der Waals surface area contributed by atoms with Gasteiger partial charge >= 0.3 is 0 Å². The third kappa shape index (κ3) is 4.38. The quantitative estimate of drug-likeness (QED) is 0.557. The molecule has 0 aliphatic heterocycles. The summed E-state index contributed by atoms with van der Waals surface area (Å²) >= 11 is 1.70. The van der Waals surface area contributed by atoms with Crippen LogP contribution in [-0.4, -0.2) is 29.0 Å². The van der Waals surface area contributed by atoms with Crippen molar-refractivity contribution in [3.8, 4) is 11.5 Å². The fourth-order valence-corrected chi connectivity index (χ4v) is 3.67. The van der Waals surface area contributed by atoms with Crippen molar-refractivity contribution in [1.29, 1.82) is 0 Å². The molecule has 0 aliphatic rings. The van der Waals surface area contributed by atoms with Crippen LogP contribution < -0.4 is 9.47 Å². The molecule has 1 aromatic heterocycles. The van der Waals surface area contributed by atoms with Crippen molar-refractivity contribution in [2.45, 2.75) is 30.8 Å². The lowest BCUT2D eigenvalue weighted by molar-refractivity contribution is 0.414. The molecule has 2 aromatic carbocycles. The average Bonchev–Trinajstić information content (AvgIpc) is 3.08. The number of ether oxygens (including phenoxy) is 2. The summed E-state index contributed by atoms with van der Waals surface area (Å²) in [5, 5.41) is 9.74. The topological polar surface area (TPSA) is 49.2 Å². The Balaban J connectivity index is 1.70. The fraction of sp³-hybridized carbons (Fsp3) is 0.300. The van der Waals surface area contributed by atoms with Gasteiger partial charge in [0.05, 0.1) is 14.2 Å². The largest absolute Gasteiger partial charge is 0.497 e. The highest BCUT2D eigenvalue weighted by Crippen LogP contribution is 2.25. The van der Waals surface area contributed by atoms with Crippen molar-refractivity contribution in [2.75, 3.05) is 14.2 Å². The Bertz CT molecular complexity index is 847. The van der Waals surface area contributed by atoms with E-state index < -0.39 is 0 Å². The molecule has 0 amide bonds. The van der Waals surface area contributed by atoms with Crippen molar-refractivity contribution in [3.63, 3.8) is 0 Å². The molecule has 6 heteroatoms. The van der Waals surface area contributed by atoms with Gasteiger partial charge in [0.2, 0.25) is 0 Å². The highest BCUT2D eigenvalue weighted by Gasteiger charge is 2.12. The molecule has 0 spiro atoms. The zero-order valence-electron chi connectivity index (χ0n) is 15.3. The molecule has 3 aromatic rings. The van der Waals surface area contributed by atoms with Crippen molar-refractivity contribution in [1.82, 2.24) is 14.8 Å². The zero-order chi connectivity index (χ0) is 18.4. The van der Waals surface area contributed by atoms with Crippen LogP contribution in [0.1, 0.15) is 23.9 Å². The number of nitrogens with zero attached hydrogens (tertiary/aromatic N) is 3. The molecule has 136 valence electrons. The molecule has 0 bridgehead atoms. The standard InChI is InChI=1S/C20H23N3O2S/c1-4-23-19(13-15-8-10-17(24-2)11-9-15)21-22-20(23)26-14-16-6-5-7-18(12-16)25-3/h5-12H,4,13-14H2,1-3H3. The monoisotopic (exact) mass is 369 g/mol. The Labute approximate surface area is 158 Å². The lowest BCUT2D eigenvalue weighted by Gasteiger charge is -2.08. The zero-order valence-corrected chi connectivity index (χ0v) is 16.1. The molecule has 0 radical (unpaired) electrons. The second kappa shape index (κ2) is 8.76. The van der Waals surface area contributed by atoms with Crippen molar-refractivity contribution < 1.29 is 9.47 Å².